The Labute approximate surface area is 343 Å². The molecule has 6 aliphatic carbocycles. The van der Waals surface area contributed by atoms with Crippen molar-refractivity contribution in [2.75, 3.05) is 33.7 Å². The van der Waals surface area contributed by atoms with Gasteiger partial charge in [-0.2, -0.15) is 0 Å². The molecule has 0 radical (unpaired) electrons. The molecule has 0 amide bonds. The van der Waals surface area contributed by atoms with Crippen molar-refractivity contribution in [1.82, 2.24) is 19.8 Å². The molecular weight excluding hydrogens is 713 g/mol. The van der Waals surface area contributed by atoms with Crippen molar-refractivity contribution < 1.29 is 24.2 Å². The first-order chi connectivity index (χ1) is 26.6. The molecule has 5 fully saturated rings. The van der Waals surface area contributed by atoms with Crippen LogP contribution in [0.5, 0.6) is 0 Å². The third-order valence-corrected chi connectivity index (χ3v) is 17.9. The molecule has 57 heavy (non-hydrogen) atoms. The number of Topliss-reactive ketones (excluding diaryl/α,β-unsaturated/α-hetero) is 1. The summed E-state index contributed by atoms with van der Waals surface area (Å²) in [5.74, 6) is 1.55. The molecule has 1 N–H and O–H groups in total. The largest absolute Gasteiger partial charge is 0.481 e. The number of esters is 1. The third-order valence-electron chi connectivity index (χ3n) is 17.9. The fraction of sp³-hybridized carbons (Fsp3) is 0.812. The maximum atomic E-state index is 14.4. The van der Waals surface area contributed by atoms with Gasteiger partial charge in [-0.1, -0.05) is 54.0 Å². The Morgan fingerprint density at radius 2 is 1.56 bits per heavy atom. The number of aromatic nitrogens is 2. The molecule has 7 rings (SSSR count). The third kappa shape index (κ3) is 6.75. The Hall–Kier alpha value is -2.65. The van der Waals surface area contributed by atoms with Crippen molar-refractivity contribution in [2.45, 2.75) is 157 Å². The summed E-state index contributed by atoms with van der Waals surface area (Å²) >= 11 is 0. The number of hydrogen-bond donors (Lipinski definition) is 1. The number of carbonyl (C=O) groups is 3. The first kappa shape index (κ1) is 42.5. The van der Waals surface area contributed by atoms with Crippen molar-refractivity contribution in [1.29, 1.82) is 0 Å². The van der Waals surface area contributed by atoms with Gasteiger partial charge >= 0.3 is 11.9 Å². The van der Waals surface area contributed by atoms with Gasteiger partial charge in [0.05, 0.1) is 17.4 Å². The zero-order valence-electron chi connectivity index (χ0n) is 37.3. The van der Waals surface area contributed by atoms with E-state index in [1.165, 1.54) is 6.42 Å². The fourth-order valence-corrected chi connectivity index (χ4v) is 14.4. The number of ether oxygens (including phenoxy) is 1. The van der Waals surface area contributed by atoms with Gasteiger partial charge in [-0.3, -0.25) is 19.3 Å². The van der Waals surface area contributed by atoms with Crippen LogP contribution in [0.1, 0.15) is 152 Å². The Balaban J connectivity index is 1.16. The summed E-state index contributed by atoms with van der Waals surface area (Å²) in [7, 11) is 4.31. The minimum Gasteiger partial charge on any atom is -0.481 e. The number of rotatable bonds is 13. The summed E-state index contributed by atoms with van der Waals surface area (Å²) in [5.41, 5.74) is 1.46. The Morgan fingerprint density at radius 3 is 2.18 bits per heavy atom. The molecule has 1 aromatic rings. The molecule has 5 saturated carbocycles. The van der Waals surface area contributed by atoms with E-state index < -0.39 is 17.4 Å². The van der Waals surface area contributed by atoms with Crippen molar-refractivity contribution in [2.24, 2.45) is 56.2 Å². The van der Waals surface area contributed by atoms with Crippen molar-refractivity contribution in [3.63, 3.8) is 0 Å². The zero-order valence-corrected chi connectivity index (χ0v) is 37.3. The summed E-state index contributed by atoms with van der Waals surface area (Å²) in [6.07, 6.45) is 15.9. The number of hydrogen-bond acceptors (Lipinski definition) is 8. The smallest absolute Gasteiger partial charge is 0.309 e. The van der Waals surface area contributed by atoms with Crippen LogP contribution in [-0.2, 0) is 24.7 Å². The molecule has 1 heterocycles. The van der Waals surface area contributed by atoms with Crippen molar-refractivity contribution in [3.8, 4) is 0 Å². The van der Waals surface area contributed by atoms with Crippen LogP contribution < -0.4 is 0 Å². The normalized spacial score (nSPS) is 36.8. The first-order valence-electron chi connectivity index (χ1n) is 22.5. The molecule has 0 aliphatic heterocycles. The predicted octanol–water partition coefficient (Wildman–Crippen LogP) is 9.11. The summed E-state index contributed by atoms with van der Waals surface area (Å²) < 4.78 is 6.22. The average molecular weight is 787 g/mol. The van der Waals surface area contributed by atoms with Gasteiger partial charge in [-0.15, -0.1) is 0 Å². The number of carbonyl (C=O) groups excluding carboxylic acids is 2. The van der Waals surface area contributed by atoms with E-state index in [4.69, 9.17) is 14.7 Å². The second-order valence-electron chi connectivity index (χ2n) is 22.3. The Morgan fingerprint density at radius 1 is 0.877 bits per heavy atom. The van der Waals surface area contributed by atoms with Gasteiger partial charge in [0, 0.05) is 49.3 Å². The van der Waals surface area contributed by atoms with E-state index in [9.17, 15) is 19.5 Å². The molecule has 0 bridgehead atoms. The topological polar surface area (TPSA) is 113 Å². The molecule has 8 atom stereocenters. The fourth-order valence-electron chi connectivity index (χ4n) is 14.4. The number of allylic oxidation sites excluding steroid dienone is 2. The lowest BCUT2D eigenvalue weighted by Gasteiger charge is -2.72. The minimum atomic E-state index is -1.15. The monoisotopic (exact) mass is 787 g/mol. The van der Waals surface area contributed by atoms with E-state index in [0.717, 1.165) is 95.2 Å². The highest BCUT2D eigenvalue weighted by Gasteiger charge is 2.70. The summed E-state index contributed by atoms with van der Waals surface area (Å²) in [5, 5.41) is 9.66. The number of aliphatic carboxylic acids is 1. The summed E-state index contributed by atoms with van der Waals surface area (Å²) in [6.45, 7) is 23.0. The number of carboxylic acid groups (broad SMARTS) is 1. The van der Waals surface area contributed by atoms with Gasteiger partial charge in [0.25, 0.3) is 0 Å². The molecule has 0 spiro atoms. The molecule has 6 aliphatic rings. The van der Waals surface area contributed by atoms with Crippen molar-refractivity contribution in [3.05, 3.63) is 35.4 Å². The minimum absolute atomic E-state index is 0.0869. The van der Waals surface area contributed by atoms with E-state index in [0.29, 0.717) is 30.0 Å². The summed E-state index contributed by atoms with van der Waals surface area (Å²) in [4.78, 5) is 53.9. The lowest BCUT2D eigenvalue weighted by molar-refractivity contribution is -0.233. The number of fused-ring (bicyclic) bond motifs is 7. The second-order valence-corrected chi connectivity index (χ2v) is 22.3. The van der Waals surface area contributed by atoms with Gasteiger partial charge in [-0.05, 0) is 150 Å². The van der Waals surface area contributed by atoms with Crippen LogP contribution in [0.2, 0.25) is 0 Å². The highest BCUT2D eigenvalue weighted by molar-refractivity contribution is 6.00. The van der Waals surface area contributed by atoms with Crippen LogP contribution in [0.4, 0.5) is 0 Å². The summed E-state index contributed by atoms with van der Waals surface area (Å²) in [6, 6.07) is 1.91. The van der Waals surface area contributed by atoms with Gasteiger partial charge in [0.15, 0.2) is 5.78 Å². The number of likely N-dealkylation sites (N-methyl/N-ethyl adjacent to an activating group) is 1. The molecule has 9 nitrogen and oxygen atoms in total. The molecule has 1 aromatic heterocycles. The number of ketones is 1. The van der Waals surface area contributed by atoms with Crippen LogP contribution in [-0.4, -0.2) is 82.4 Å². The van der Waals surface area contributed by atoms with E-state index in [-0.39, 0.29) is 51.1 Å². The van der Waals surface area contributed by atoms with Crippen LogP contribution in [0.15, 0.2) is 29.6 Å². The van der Waals surface area contributed by atoms with Gasteiger partial charge in [-0.25, -0.2) is 9.97 Å². The molecule has 0 saturated heterocycles. The van der Waals surface area contributed by atoms with Gasteiger partial charge in [0.1, 0.15) is 11.9 Å². The van der Waals surface area contributed by atoms with Gasteiger partial charge in [0.2, 0.25) is 0 Å². The molecule has 0 aromatic carbocycles. The quantitative estimate of drug-likeness (QED) is 0.196. The number of nitrogens with zero attached hydrogens (tertiary/aromatic N) is 4. The zero-order chi connectivity index (χ0) is 41.6. The highest BCUT2D eigenvalue weighted by atomic mass is 16.5. The number of carboxylic acids is 1. The van der Waals surface area contributed by atoms with Crippen LogP contribution in [0, 0.1) is 56.2 Å². The van der Waals surface area contributed by atoms with Crippen LogP contribution >= 0.6 is 0 Å². The predicted molar refractivity (Wildman–Crippen MR) is 223 cm³/mol. The molecule has 0 unspecified atom stereocenters. The standard InChI is InChI=1S/C48H74N4O5/c1-31(2)38-33(53)29-47(23-26-52(28-27-51(10)11)48(21-22-48)40-49-24-12-25-50-40)20-19-45(8)32(39(38)47)13-14-35-44(7)17-16-36(57-37(54)30-42(3,4)41(55)56)43(5,6)34(44)15-18-46(35,45)9/h12,24-25,31-32,34-36H,13-23,26-30H2,1-11H3,(H,55,56)/t32-,34+,35-,36+,44+,45-,46-,47-/m1/s1. The maximum Gasteiger partial charge on any atom is 0.309 e. The lowest BCUT2D eigenvalue weighted by Crippen LogP contribution is -2.65. The molecule has 316 valence electrons. The Bertz CT molecular complexity index is 1770. The average Bonchev–Trinajstić information content (AvgIpc) is 3.87. The Kier molecular flexibility index (Phi) is 10.8. The van der Waals surface area contributed by atoms with E-state index >= 15 is 0 Å². The van der Waals surface area contributed by atoms with E-state index in [1.807, 2.05) is 18.5 Å². The van der Waals surface area contributed by atoms with Crippen LogP contribution in [0.25, 0.3) is 0 Å². The SMILES string of the molecule is CC(C)C1=C2[C@H]3CC[C@@H]4[C@@]5(C)CC[C@H](OC(=O)CC(C)(C)C(=O)O)C(C)(C)[C@@H]5CC[C@@]4(C)[C@]3(C)CC[C@@]2(CCN(CCN(C)C)C2(c3ncccn3)CC2)CC1=O. The van der Waals surface area contributed by atoms with Crippen molar-refractivity contribution >= 4 is 17.7 Å². The van der Waals surface area contributed by atoms with E-state index in [1.54, 1.807) is 19.4 Å². The lowest BCUT2D eigenvalue weighted by atomic mass is 9.33. The van der Waals surface area contributed by atoms with E-state index in [2.05, 4.69) is 72.4 Å². The first-order valence-corrected chi connectivity index (χ1v) is 22.5. The van der Waals surface area contributed by atoms with Gasteiger partial charge < -0.3 is 14.7 Å². The molecular formula is C48H74N4O5. The highest BCUT2D eigenvalue weighted by Crippen LogP contribution is 2.77. The maximum absolute atomic E-state index is 14.4. The van der Waals surface area contributed by atoms with Crippen LogP contribution in [0.3, 0.4) is 0 Å². The second kappa shape index (κ2) is 14.5. The molecule has 9 heteroatoms.